The molecule has 0 aliphatic heterocycles. The van der Waals surface area contributed by atoms with Gasteiger partial charge in [0.2, 0.25) is 0 Å². The molecule has 0 radical (unpaired) electrons. The van der Waals surface area contributed by atoms with E-state index >= 15 is 0 Å². The molecule has 0 amide bonds. The quantitative estimate of drug-likeness (QED) is 0.368. The van der Waals surface area contributed by atoms with E-state index in [1.54, 1.807) is 6.08 Å². The first-order valence-corrected chi connectivity index (χ1v) is 8.38. The number of carbonyl (C=O) groups excluding carboxylic acids is 1. The van der Waals surface area contributed by atoms with Gasteiger partial charge in [0.1, 0.15) is 0 Å². The van der Waals surface area contributed by atoms with Crippen LogP contribution in [-0.2, 0) is 31.6 Å². The summed E-state index contributed by atoms with van der Waals surface area (Å²) in [5, 5.41) is 0. The van der Waals surface area contributed by atoms with Crippen molar-refractivity contribution >= 4 is 17.9 Å². The fraction of sp³-hybridized carbons (Fsp3) is 0.0417. The summed E-state index contributed by atoms with van der Waals surface area (Å²) >= 11 is 0. The van der Waals surface area contributed by atoms with Gasteiger partial charge < -0.3 is 0 Å². The summed E-state index contributed by atoms with van der Waals surface area (Å²) in [4.78, 5) is 12.8. The summed E-state index contributed by atoms with van der Waals surface area (Å²) in [6, 6.07) is 29.9. The maximum absolute atomic E-state index is 12.8. The molecule has 1 nitrogen and oxygen atoms in total. The molecule has 0 heterocycles. The van der Waals surface area contributed by atoms with Gasteiger partial charge in [-0.05, 0) is 28.8 Å². The molecule has 0 aliphatic carbocycles. The van der Waals surface area contributed by atoms with Crippen LogP contribution in [0.2, 0.25) is 0 Å². The maximum atomic E-state index is 12.8. The van der Waals surface area contributed by atoms with Gasteiger partial charge in [0, 0.05) is 32.4 Å². The number of carbonyl (C=O) groups is 1. The van der Waals surface area contributed by atoms with Crippen molar-refractivity contribution < 1.29 is 25.2 Å². The number of ketones is 1. The number of rotatable bonds is 6. The Labute approximate surface area is 168 Å². The van der Waals surface area contributed by atoms with Crippen LogP contribution in [0, 0.1) is 0 Å². The monoisotopic (exact) mass is 430 g/mol. The molecule has 0 aromatic heterocycles. The molecule has 3 rings (SSSR count). The molecule has 3 aromatic rings. The second-order valence-electron chi connectivity index (χ2n) is 5.85. The summed E-state index contributed by atoms with van der Waals surface area (Å²) in [7, 11) is 0. The number of hydrogen-bond acceptors (Lipinski definition) is 1. The number of allylic oxidation sites excluding steroid dienone is 2. The van der Waals surface area contributed by atoms with Crippen LogP contribution >= 0.6 is 0 Å². The molecular weight excluding hydrogens is 411 g/mol. The SMILES string of the molecule is O=C(C=Cc1ccccc1)C(=Cc1ccccc1)Cc1ccccc1.[Pd]. The van der Waals surface area contributed by atoms with Gasteiger partial charge >= 0.3 is 0 Å². The Bertz CT molecular complexity index is 866. The summed E-state index contributed by atoms with van der Waals surface area (Å²) in [5.41, 5.74) is 3.97. The van der Waals surface area contributed by atoms with E-state index in [1.807, 2.05) is 103 Å². The Morgan fingerprint density at radius 2 is 1.19 bits per heavy atom. The van der Waals surface area contributed by atoms with Crippen molar-refractivity contribution in [3.05, 3.63) is 119 Å². The first-order valence-electron chi connectivity index (χ1n) is 8.38. The zero-order valence-corrected chi connectivity index (χ0v) is 15.9. The predicted molar refractivity (Wildman–Crippen MR) is 105 cm³/mol. The van der Waals surface area contributed by atoms with Crippen molar-refractivity contribution in [2.75, 3.05) is 0 Å². The average Bonchev–Trinajstić information content (AvgIpc) is 2.68. The van der Waals surface area contributed by atoms with Gasteiger partial charge in [0.05, 0.1) is 0 Å². The fourth-order valence-corrected chi connectivity index (χ4v) is 2.62. The van der Waals surface area contributed by atoms with Crippen molar-refractivity contribution in [1.82, 2.24) is 0 Å². The molecule has 0 spiro atoms. The Kier molecular flexibility index (Phi) is 7.96. The van der Waals surface area contributed by atoms with E-state index in [4.69, 9.17) is 0 Å². The third-order valence-corrected chi connectivity index (χ3v) is 3.92. The van der Waals surface area contributed by atoms with E-state index in [1.165, 1.54) is 0 Å². The Morgan fingerprint density at radius 3 is 1.77 bits per heavy atom. The van der Waals surface area contributed by atoms with Crippen molar-refractivity contribution in [3.63, 3.8) is 0 Å². The average molecular weight is 431 g/mol. The van der Waals surface area contributed by atoms with Crippen LogP contribution in [0.5, 0.6) is 0 Å². The second-order valence-corrected chi connectivity index (χ2v) is 5.85. The van der Waals surface area contributed by atoms with Gasteiger partial charge in [0.15, 0.2) is 5.78 Å². The maximum Gasteiger partial charge on any atom is 0.182 e. The van der Waals surface area contributed by atoms with Crippen molar-refractivity contribution in [3.8, 4) is 0 Å². The van der Waals surface area contributed by atoms with Crippen LogP contribution in [0.3, 0.4) is 0 Å². The van der Waals surface area contributed by atoms with Crippen LogP contribution in [0.15, 0.2) is 103 Å². The molecule has 0 saturated carbocycles. The molecule has 0 atom stereocenters. The molecule has 26 heavy (non-hydrogen) atoms. The second kappa shape index (κ2) is 10.5. The van der Waals surface area contributed by atoms with Crippen molar-refractivity contribution in [2.24, 2.45) is 0 Å². The number of hydrogen-bond donors (Lipinski definition) is 0. The molecule has 0 saturated heterocycles. The molecule has 0 bridgehead atoms. The summed E-state index contributed by atoms with van der Waals surface area (Å²) in [6.45, 7) is 0. The predicted octanol–water partition coefficient (Wildman–Crippen LogP) is 5.59. The Morgan fingerprint density at radius 1 is 0.692 bits per heavy atom. The molecule has 0 aliphatic rings. The summed E-state index contributed by atoms with van der Waals surface area (Å²) in [5.74, 6) is 0.0385. The number of benzene rings is 3. The third kappa shape index (κ3) is 6.08. The molecule has 2 heteroatoms. The minimum Gasteiger partial charge on any atom is -0.290 e. The zero-order chi connectivity index (χ0) is 17.3. The molecule has 132 valence electrons. The largest absolute Gasteiger partial charge is 0.290 e. The Hall–Kier alpha value is -2.53. The standard InChI is InChI=1S/C24H20O.Pd/c25-24(17-16-20-10-4-1-5-11-20)23(18-21-12-6-2-7-13-21)19-22-14-8-3-9-15-22;/h1-18H,19H2;. The fourth-order valence-electron chi connectivity index (χ4n) is 2.62. The van der Waals surface area contributed by atoms with Gasteiger partial charge in [-0.2, -0.15) is 0 Å². The van der Waals surface area contributed by atoms with Crippen LogP contribution in [0.25, 0.3) is 12.2 Å². The third-order valence-electron chi connectivity index (χ3n) is 3.92. The first kappa shape index (κ1) is 19.8. The Balaban J connectivity index is 0.00000243. The molecule has 0 N–H and O–H groups in total. The topological polar surface area (TPSA) is 17.1 Å². The van der Waals surface area contributed by atoms with Gasteiger partial charge in [-0.3, -0.25) is 4.79 Å². The normalized spacial score (nSPS) is 11.2. The van der Waals surface area contributed by atoms with Crippen molar-refractivity contribution in [2.45, 2.75) is 6.42 Å². The van der Waals surface area contributed by atoms with E-state index in [2.05, 4.69) is 0 Å². The molecule has 0 fully saturated rings. The summed E-state index contributed by atoms with van der Waals surface area (Å²) < 4.78 is 0. The van der Waals surface area contributed by atoms with E-state index in [9.17, 15) is 4.79 Å². The van der Waals surface area contributed by atoms with E-state index in [0.717, 1.165) is 22.3 Å². The molecular formula is C24H20OPd. The van der Waals surface area contributed by atoms with Gasteiger partial charge in [-0.1, -0.05) is 97.1 Å². The van der Waals surface area contributed by atoms with Crippen LogP contribution < -0.4 is 0 Å². The van der Waals surface area contributed by atoms with Crippen LogP contribution in [0.1, 0.15) is 16.7 Å². The molecule has 0 unspecified atom stereocenters. The van der Waals surface area contributed by atoms with E-state index < -0.39 is 0 Å². The smallest absolute Gasteiger partial charge is 0.182 e. The van der Waals surface area contributed by atoms with Gasteiger partial charge in [-0.15, -0.1) is 0 Å². The first-order chi connectivity index (χ1) is 12.3. The van der Waals surface area contributed by atoms with Gasteiger partial charge in [0.25, 0.3) is 0 Å². The van der Waals surface area contributed by atoms with E-state index in [0.29, 0.717) is 6.42 Å². The zero-order valence-electron chi connectivity index (χ0n) is 14.3. The minimum atomic E-state index is 0. The van der Waals surface area contributed by atoms with Crippen LogP contribution in [0.4, 0.5) is 0 Å². The van der Waals surface area contributed by atoms with Gasteiger partial charge in [-0.25, -0.2) is 0 Å². The van der Waals surface area contributed by atoms with E-state index in [-0.39, 0.29) is 26.2 Å². The van der Waals surface area contributed by atoms with Crippen molar-refractivity contribution in [1.29, 1.82) is 0 Å². The minimum absolute atomic E-state index is 0. The van der Waals surface area contributed by atoms with Crippen LogP contribution in [-0.4, -0.2) is 5.78 Å². The molecule has 3 aromatic carbocycles. The summed E-state index contributed by atoms with van der Waals surface area (Å²) in [6.07, 6.45) is 6.12.